The van der Waals surface area contributed by atoms with Gasteiger partial charge in [0.15, 0.2) is 0 Å². The summed E-state index contributed by atoms with van der Waals surface area (Å²) in [5, 5.41) is 3.50. The Morgan fingerprint density at radius 1 is 1.13 bits per heavy atom. The van der Waals surface area contributed by atoms with Crippen molar-refractivity contribution in [3.05, 3.63) is 34.4 Å². The number of nitrogens with one attached hydrogen (secondary N) is 1. The minimum atomic E-state index is 0.561. The summed E-state index contributed by atoms with van der Waals surface area (Å²) in [6, 6.07) is 5.12. The van der Waals surface area contributed by atoms with Crippen LogP contribution < -0.4 is 5.32 Å². The SMILES string of the molecule is Cc1cc(C)c(CNC2COC2)cc1C. The Kier molecular flexibility index (Phi) is 3.08. The van der Waals surface area contributed by atoms with E-state index >= 15 is 0 Å². The van der Waals surface area contributed by atoms with Crippen molar-refractivity contribution in [2.24, 2.45) is 0 Å². The van der Waals surface area contributed by atoms with E-state index < -0.39 is 0 Å². The molecule has 1 aromatic rings. The van der Waals surface area contributed by atoms with Crippen LogP contribution >= 0.6 is 0 Å². The molecule has 0 unspecified atom stereocenters. The van der Waals surface area contributed by atoms with Crippen LogP contribution in [-0.4, -0.2) is 19.3 Å². The van der Waals surface area contributed by atoms with E-state index in [1.54, 1.807) is 0 Å². The molecule has 0 aliphatic carbocycles. The summed E-state index contributed by atoms with van der Waals surface area (Å²) < 4.78 is 5.13. The van der Waals surface area contributed by atoms with Crippen molar-refractivity contribution in [2.45, 2.75) is 33.4 Å². The summed E-state index contributed by atoms with van der Waals surface area (Å²) in [4.78, 5) is 0. The maximum absolute atomic E-state index is 5.13. The molecule has 1 fully saturated rings. The van der Waals surface area contributed by atoms with E-state index in [0.717, 1.165) is 19.8 Å². The summed E-state index contributed by atoms with van der Waals surface area (Å²) >= 11 is 0. The number of hydrogen-bond donors (Lipinski definition) is 1. The topological polar surface area (TPSA) is 21.3 Å². The van der Waals surface area contributed by atoms with Crippen molar-refractivity contribution < 1.29 is 4.74 Å². The van der Waals surface area contributed by atoms with Gasteiger partial charge in [-0.05, 0) is 43.0 Å². The molecule has 0 atom stereocenters. The first kappa shape index (κ1) is 10.7. The zero-order chi connectivity index (χ0) is 10.8. The molecule has 1 saturated heterocycles. The van der Waals surface area contributed by atoms with E-state index in [0.29, 0.717) is 6.04 Å². The molecule has 15 heavy (non-hydrogen) atoms. The Hall–Kier alpha value is -0.860. The van der Waals surface area contributed by atoms with Crippen LogP contribution in [0, 0.1) is 20.8 Å². The zero-order valence-electron chi connectivity index (χ0n) is 9.76. The van der Waals surface area contributed by atoms with Crippen molar-refractivity contribution in [3.8, 4) is 0 Å². The maximum atomic E-state index is 5.13. The first-order valence-corrected chi connectivity index (χ1v) is 5.54. The summed E-state index contributed by atoms with van der Waals surface area (Å²) in [5.74, 6) is 0. The third kappa shape index (κ3) is 2.39. The van der Waals surface area contributed by atoms with Crippen LogP contribution in [0.25, 0.3) is 0 Å². The van der Waals surface area contributed by atoms with Gasteiger partial charge in [0, 0.05) is 6.54 Å². The van der Waals surface area contributed by atoms with E-state index in [2.05, 4.69) is 38.2 Å². The largest absolute Gasteiger partial charge is 0.378 e. The molecule has 1 heterocycles. The Balaban J connectivity index is 2.03. The molecular formula is C13H19NO. The summed E-state index contributed by atoms with van der Waals surface area (Å²) in [5.41, 5.74) is 5.54. The fourth-order valence-electron chi connectivity index (χ4n) is 1.82. The lowest BCUT2D eigenvalue weighted by Gasteiger charge is -2.27. The Morgan fingerprint density at radius 3 is 2.40 bits per heavy atom. The number of ether oxygens (including phenoxy) is 1. The van der Waals surface area contributed by atoms with E-state index in [4.69, 9.17) is 4.74 Å². The predicted molar refractivity (Wildman–Crippen MR) is 62.1 cm³/mol. The van der Waals surface area contributed by atoms with Crippen LogP contribution in [0.5, 0.6) is 0 Å². The van der Waals surface area contributed by atoms with Gasteiger partial charge in [0.05, 0.1) is 19.3 Å². The molecule has 0 spiro atoms. The zero-order valence-corrected chi connectivity index (χ0v) is 9.76. The highest BCUT2D eigenvalue weighted by Gasteiger charge is 2.17. The molecule has 82 valence electrons. The molecule has 1 aromatic carbocycles. The molecule has 1 aliphatic heterocycles. The van der Waals surface area contributed by atoms with Gasteiger partial charge in [-0.15, -0.1) is 0 Å². The quantitative estimate of drug-likeness (QED) is 0.816. The predicted octanol–water partition coefficient (Wildman–Crippen LogP) is 2.10. The lowest BCUT2D eigenvalue weighted by atomic mass is 10.0. The molecule has 0 bridgehead atoms. The summed E-state index contributed by atoms with van der Waals surface area (Å²) in [6.45, 7) is 9.21. The van der Waals surface area contributed by atoms with Crippen LogP contribution in [0.15, 0.2) is 12.1 Å². The first-order chi connectivity index (χ1) is 7.16. The van der Waals surface area contributed by atoms with Gasteiger partial charge in [0.25, 0.3) is 0 Å². The van der Waals surface area contributed by atoms with Gasteiger partial charge in [0.1, 0.15) is 0 Å². The van der Waals surface area contributed by atoms with Gasteiger partial charge in [-0.2, -0.15) is 0 Å². The number of benzene rings is 1. The lowest BCUT2D eigenvalue weighted by molar-refractivity contribution is -0.00580. The standard InChI is InChI=1S/C13H19NO/c1-9-4-11(3)12(5-10(9)2)6-14-13-7-15-8-13/h4-5,13-14H,6-8H2,1-3H3. The van der Waals surface area contributed by atoms with Crippen molar-refractivity contribution >= 4 is 0 Å². The van der Waals surface area contributed by atoms with Gasteiger partial charge >= 0.3 is 0 Å². The highest BCUT2D eigenvalue weighted by atomic mass is 16.5. The number of aryl methyl sites for hydroxylation is 3. The van der Waals surface area contributed by atoms with Gasteiger partial charge in [-0.25, -0.2) is 0 Å². The van der Waals surface area contributed by atoms with Gasteiger partial charge in [0.2, 0.25) is 0 Å². The van der Waals surface area contributed by atoms with Crippen LogP contribution in [0.1, 0.15) is 22.3 Å². The minimum Gasteiger partial charge on any atom is -0.378 e. The Morgan fingerprint density at radius 2 is 1.80 bits per heavy atom. The third-order valence-electron chi connectivity index (χ3n) is 3.17. The number of rotatable bonds is 3. The Bertz CT molecular complexity index is 356. The second kappa shape index (κ2) is 4.33. The molecule has 2 nitrogen and oxygen atoms in total. The highest BCUT2D eigenvalue weighted by Crippen LogP contribution is 2.15. The van der Waals surface area contributed by atoms with Gasteiger partial charge < -0.3 is 10.1 Å². The Labute approximate surface area is 91.6 Å². The van der Waals surface area contributed by atoms with Crippen molar-refractivity contribution in [3.63, 3.8) is 0 Å². The second-order valence-corrected chi connectivity index (χ2v) is 4.48. The van der Waals surface area contributed by atoms with Crippen molar-refractivity contribution in [1.29, 1.82) is 0 Å². The average molecular weight is 205 g/mol. The van der Waals surface area contributed by atoms with Crippen LogP contribution in [0.3, 0.4) is 0 Å². The number of hydrogen-bond acceptors (Lipinski definition) is 2. The fourth-order valence-corrected chi connectivity index (χ4v) is 1.82. The molecule has 2 rings (SSSR count). The molecule has 1 N–H and O–H groups in total. The third-order valence-corrected chi connectivity index (χ3v) is 3.17. The summed E-state index contributed by atoms with van der Waals surface area (Å²) in [6.07, 6.45) is 0. The lowest BCUT2D eigenvalue weighted by Crippen LogP contribution is -2.45. The molecular weight excluding hydrogens is 186 g/mol. The van der Waals surface area contributed by atoms with Crippen LogP contribution in [0.4, 0.5) is 0 Å². The maximum Gasteiger partial charge on any atom is 0.0643 e. The minimum absolute atomic E-state index is 0.561. The average Bonchev–Trinajstić information content (AvgIpc) is 2.11. The van der Waals surface area contributed by atoms with E-state index in [1.807, 2.05) is 0 Å². The molecule has 0 aromatic heterocycles. The van der Waals surface area contributed by atoms with Gasteiger partial charge in [-0.3, -0.25) is 0 Å². The molecule has 1 aliphatic rings. The molecule has 0 saturated carbocycles. The van der Waals surface area contributed by atoms with Crippen molar-refractivity contribution in [1.82, 2.24) is 5.32 Å². The van der Waals surface area contributed by atoms with E-state index in [9.17, 15) is 0 Å². The van der Waals surface area contributed by atoms with Crippen molar-refractivity contribution in [2.75, 3.05) is 13.2 Å². The molecule has 0 radical (unpaired) electrons. The second-order valence-electron chi connectivity index (χ2n) is 4.48. The first-order valence-electron chi connectivity index (χ1n) is 5.54. The van der Waals surface area contributed by atoms with Crippen LogP contribution in [0.2, 0.25) is 0 Å². The molecule has 2 heteroatoms. The van der Waals surface area contributed by atoms with E-state index in [1.165, 1.54) is 22.3 Å². The smallest absolute Gasteiger partial charge is 0.0643 e. The van der Waals surface area contributed by atoms with E-state index in [-0.39, 0.29) is 0 Å². The summed E-state index contributed by atoms with van der Waals surface area (Å²) in [7, 11) is 0. The van der Waals surface area contributed by atoms with Gasteiger partial charge in [-0.1, -0.05) is 12.1 Å². The normalized spacial score (nSPS) is 16.5. The highest BCUT2D eigenvalue weighted by molar-refractivity contribution is 5.36. The fraction of sp³-hybridized carbons (Fsp3) is 0.538. The monoisotopic (exact) mass is 205 g/mol. The molecule has 0 amide bonds. The van der Waals surface area contributed by atoms with Crippen LogP contribution in [-0.2, 0) is 11.3 Å².